The molecule has 0 aromatic heterocycles. The van der Waals surface area contributed by atoms with Crippen LogP contribution in [-0.2, 0) is 9.59 Å². The summed E-state index contributed by atoms with van der Waals surface area (Å²) in [6, 6.07) is -0.494. The molecule has 19 heavy (non-hydrogen) atoms. The van der Waals surface area contributed by atoms with Crippen molar-refractivity contribution in [2.75, 3.05) is 0 Å². The summed E-state index contributed by atoms with van der Waals surface area (Å²) in [4.78, 5) is 24.0. The Kier molecular flexibility index (Phi) is 7.68. The molecule has 3 N–H and O–H groups in total. The van der Waals surface area contributed by atoms with Crippen molar-refractivity contribution in [3.63, 3.8) is 0 Å². The maximum atomic E-state index is 12.0. The van der Waals surface area contributed by atoms with Gasteiger partial charge in [0.25, 0.3) is 0 Å². The van der Waals surface area contributed by atoms with Crippen molar-refractivity contribution < 1.29 is 14.7 Å². The molecular formula is C14H28N2O3. The van der Waals surface area contributed by atoms with E-state index in [1.54, 1.807) is 13.8 Å². The summed E-state index contributed by atoms with van der Waals surface area (Å²) in [5.41, 5.74) is 0. The first-order valence-electron chi connectivity index (χ1n) is 6.94. The van der Waals surface area contributed by atoms with Crippen LogP contribution in [0.25, 0.3) is 0 Å². The lowest BCUT2D eigenvalue weighted by Gasteiger charge is -2.24. The van der Waals surface area contributed by atoms with Crippen LogP contribution in [-0.4, -0.2) is 35.1 Å². The molecule has 0 aromatic rings. The molecule has 0 aliphatic carbocycles. The van der Waals surface area contributed by atoms with Crippen LogP contribution in [0.2, 0.25) is 0 Å². The molecule has 0 saturated heterocycles. The summed E-state index contributed by atoms with van der Waals surface area (Å²) in [6.45, 7) is 10.9. The van der Waals surface area contributed by atoms with Crippen LogP contribution in [0.3, 0.4) is 0 Å². The van der Waals surface area contributed by atoms with Gasteiger partial charge in [-0.3, -0.25) is 9.59 Å². The Morgan fingerprint density at radius 2 is 1.47 bits per heavy atom. The Morgan fingerprint density at radius 1 is 0.947 bits per heavy atom. The molecule has 0 radical (unpaired) electrons. The minimum atomic E-state index is -0.536. The zero-order chi connectivity index (χ0) is 15.2. The number of hydrogen-bond donors (Lipinski definition) is 3. The number of rotatable bonds is 7. The van der Waals surface area contributed by atoms with Crippen molar-refractivity contribution in [1.82, 2.24) is 10.6 Å². The molecule has 5 nitrogen and oxygen atoms in total. The first-order valence-corrected chi connectivity index (χ1v) is 6.94. The Hall–Kier alpha value is -1.10. The standard InChI is InChI=1S/C14H28N2O3/c1-8(2)12(14(19)15-9(3)4)16-13(18)10(5)7-11(6)17/h8-12,17H,7H2,1-6H3,(H,15,19)(H,16,18)/t10-,11-,12+/m1/s1. The van der Waals surface area contributed by atoms with Gasteiger partial charge in [0.2, 0.25) is 11.8 Å². The zero-order valence-corrected chi connectivity index (χ0v) is 12.9. The number of hydrogen-bond acceptors (Lipinski definition) is 3. The van der Waals surface area contributed by atoms with Gasteiger partial charge in [0.1, 0.15) is 6.04 Å². The van der Waals surface area contributed by atoms with Crippen LogP contribution in [0, 0.1) is 11.8 Å². The van der Waals surface area contributed by atoms with Gasteiger partial charge in [0, 0.05) is 12.0 Å². The summed E-state index contributed by atoms with van der Waals surface area (Å²) in [5, 5.41) is 14.9. The Morgan fingerprint density at radius 3 is 1.84 bits per heavy atom. The molecule has 0 aromatic carbocycles. The quantitative estimate of drug-likeness (QED) is 0.648. The van der Waals surface area contributed by atoms with Crippen LogP contribution in [0.5, 0.6) is 0 Å². The van der Waals surface area contributed by atoms with E-state index in [1.807, 2.05) is 27.7 Å². The lowest BCUT2D eigenvalue weighted by Crippen LogP contribution is -2.52. The van der Waals surface area contributed by atoms with Gasteiger partial charge in [0.05, 0.1) is 6.10 Å². The normalized spacial score (nSPS) is 16.1. The summed E-state index contributed by atoms with van der Waals surface area (Å²) in [5.74, 6) is -0.657. The predicted molar refractivity (Wildman–Crippen MR) is 75.5 cm³/mol. The van der Waals surface area contributed by atoms with E-state index in [4.69, 9.17) is 0 Å². The van der Waals surface area contributed by atoms with Crippen molar-refractivity contribution in [1.29, 1.82) is 0 Å². The van der Waals surface area contributed by atoms with E-state index in [0.29, 0.717) is 6.42 Å². The largest absolute Gasteiger partial charge is 0.393 e. The van der Waals surface area contributed by atoms with Gasteiger partial charge in [-0.05, 0) is 33.1 Å². The Balaban J connectivity index is 4.58. The molecule has 5 heteroatoms. The van der Waals surface area contributed by atoms with E-state index in [-0.39, 0.29) is 29.7 Å². The van der Waals surface area contributed by atoms with Crippen LogP contribution < -0.4 is 10.6 Å². The van der Waals surface area contributed by atoms with Crippen molar-refractivity contribution in [2.45, 2.75) is 66.2 Å². The number of carbonyl (C=O) groups is 2. The molecule has 0 rings (SSSR count). The summed E-state index contributed by atoms with van der Waals surface area (Å²) >= 11 is 0. The molecule has 0 fully saturated rings. The summed E-state index contributed by atoms with van der Waals surface area (Å²) in [7, 11) is 0. The molecule has 0 saturated carbocycles. The molecule has 0 aliphatic rings. The van der Waals surface area contributed by atoms with Crippen LogP contribution in [0.1, 0.15) is 48.0 Å². The molecule has 0 unspecified atom stereocenters. The molecule has 0 bridgehead atoms. The average Bonchev–Trinajstić information content (AvgIpc) is 2.22. The minimum absolute atomic E-state index is 0.0152. The maximum absolute atomic E-state index is 12.0. The van der Waals surface area contributed by atoms with Crippen molar-refractivity contribution >= 4 is 11.8 Å². The van der Waals surface area contributed by atoms with Crippen molar-refractivity contribution in [3.05, 3.63) is 0 Å². The van der Waals surface area contributed by atoms with Gasteiger partial charge in [-0.25, -0.2) is 0 Å². The van der Waals surface area contributed by atoms with Crippen molar-refractivity contribution in [3.8, 4) is 0 Å². The molecule has 112 valence electrons. The number of amides is 2. The van der Waals surface area contributed by atoms with Crippen molar-refractivity contribution in [2.24, 2.45) is 11.8 Å². The molecular weight excluding hydrogens is 244 g/mol. The van der Waals surface area contributed by atoms with Crippen LogP contribution in [0.4, 0.5) is 0 Å². The van der Waals surface area contributed by atoms with E-state index in [1.165, 1.54) is 0 Å². The van der Waals surface area contributed by atoms with Gasteiger partial charge in [0.15, 0.2) is 0 Å². The molecule has 0 aliphatic heterocycles. The maximum Gasteiger partial charge on any atom is 0.243 e. The van der Waals surface area contributed by atoms with E-state index >= 15 is 0 Å². The number of aliphatic hydroxyl groups excluding tert-OH is 1. The third-order valence-electron chi connectivity index (χ3n) is 2.82. The van der Waals surface area contributed by atoms with E-state index in [0.717, 1.165) is 0 Å². The van der Waals surface area contributed by atoms with Gasteiger partial charge in [-0.15, -0.1) is 0 Å². The zero-order valence-electron chi connectivity index (χ0n) is 12.9. The highest BCUT2D eigenvalue weighted by molar-refractivity contribution is 5.88. The highest BCUT2D eigenvalue weighted by Crippen LogP contribution is 2.09. The SMILES string of the molecule is CC(C)NC(=O)[C@@H](NC(=O)[C@H](C)C[C@@H](C)O)C(C)C. The van der Waals surface area contributed by atoms with Crippen LogP contribution >= 0.6 is 0 Å². The van der Waals surface area contributed by atoms with Crippen LogP contribution in [0.15, 0.2) is 0 Å². The lowest BCUT2D eigenvalue weighted by molar-refractivity contribution is -0.132. The summed E-state index contributed by atoms with van der Waals surface area (Å²) in [6.07, 6.45) is -0.134. The third-order valence-corrected chi connectivity index (χ3v) is 2.82. The monoisotopic (exact) mass is 272 g/mol. The summed E-state index contributed by atoms with van der Waals surface area (Å²) < 4.78 is 0. The number of carbonyl (C=O) groups excluding carboxylic acids is 2. The first-order chi connectivity index (χ1) is 8.65. The number of aliphatic hydroxyl groups is 1. The fraction of sp³-hybridized carbons (Fsp3) is 0.857. The Bertz CT molecular complexity index is 301. The molecule has 3 atom stereocenters. The fourth-order valence-corrected chi connectivity index (χ4v) is 1.82. The third kappa shape index (κ3) is 7.15. The van der Waals surface area contributed by atoms with E-state index in [2.05, 4.69) is 10.6 Å². The molecule has 2 amide bonds. The topological polar surface area (TPSA) is 78.4 Å². The second-order valence-corrected chi connectivity index (χ2v) is 5.88. The lowest BCUT2D eigenvalue weighted by atomic mass is 9.99. The number of nitrogens with one attached hydrogen (secondary N) is 2. The van der Waals surface area contributed by atoms with Gasteiger partial charge in [-0.2, -0.15) is 0 Å². The minimum Gasteiger partial charge on any atom is -0.393 e. The molecule has 0 spiro atoms. The van der Waals surface area contributed by atoms with Gasteiger partial charge in [-0.1, -0.05) is 20.8 Å². The smallest absolute Gasteiger partial charge is 0.243 e. The molecule has 0 heterocycles. The Labute approximate surface area is 116 Å². The van der Waals surface area contributed by atoms with E-state index < -0.39 is 12.1 Å². The van der Waals surface area contributed by atoms with E-state index in [9.17, 15) is 14.7 Å². The first kappa shape index (κ1) is 17.9. The highest BCUT2D eigenvalue weighted by atomic mass is 16.3. The average molecular weight is 272 g/mol. The second-order valence-electron chi connectivity index (χ2n) is 5.88. The van der Waals surface area contributed by atoms with Gasteiger partial charge >= 0.3 is 0 Å². The predicted octanol–water partition coefficient (Wildman–Crippen LogP) is 1.06. The fourth-order valence-electron chi connectivity index (χ4n) is 1.82. The highest BCUT2D eigenvalue weighted by Gasteiger charge is 2.26. The second kappa shape index (κ2) is 8.15. The van der Waals surface area contributed by atoms with Gasteiger partial charge < -0.3 is 15.7 Å².